The number of anilines is 2. The molecule has 0 radical (unpaired) electrons. The number of nitrogens with one attached hydrogen (secondary N) is 1. The van der Waals surface area contributed by atoms with Gasteiger partial charge in [0.05, 0.1) is 16.8 Å². The third-order valence-electron chi connectivity index (χ3n) is 4.60. The van der Waals surface area contributed by atoms with Gasteiger partial charge in [-0.25, -0.2) is 4.98 Å². The molecule has 136 valence electrons. The average Bonchev–Trinajstić information content (AvgIpc) is 3.21. The first-order chi connectivity index (χ1) is 13.1. The zero-order chi connectivity index (χ0) is 19.0. The fourth-order valence-corrected chi connectivity index (χ4v) is 4.13. The molecule has 3 aromatic rings. The number of benzene rings is 2. The maximum atomic E-state index is 12.8. The summed E-state index contributed by atoms with van der Waals surface area (Å²) in [5, 5.41) is 3.02. The fraction of sp³-hybridized carbons (Fsp3) is 0.200. The molecule has 7 heteroatoms. The van der Waals surface area contributed by atoms with E-state index in [-0.39, 0.29) is 6.54 Å². The van der Waals surface area contributed by atoms with E-state index in [0.29, 0.717) is 10.8 Å². The summed E-state index contributed by atoms with van der Waals surface area (Å²) in [5.74, 6) is -2.84. The first-order valence-electron chi connectivity index (χ1n) is 8.67. The van der Waals surface area contributed by atoms with Crippen LogP contribution in [0.25, 0.3) is 10.2 Å². The van der Waals surface area contributed by atoms with Crippen molar-refractivity contribution < 1.29 is 14.4 Å². The van der Waals surface area contributed by atoms with Crippen LogP contribution in [-0.4, -0.2) is 29.1 Å². The summed E-state index contributed by atoms with van der Waals surface area (Å²) in [4.78, 5) is 43.6. The van der Waals surface area contributed by atoms with Crippen LogP contribution >= 0.6 is 11.3 Å². The summed E-state index contributed by atoms with van der Waals surface area (Å²) in [6.07, 6.45) is 0.733. The highest BCUT2D eigenvalue weighted by atomic mass is 32.1. The lowest BCUT2D eigenvalue weighted by molar-refractivity contribution is -0.134. The van der Waals surface area contributed by atoms with Crippen molar-refractivity contribution in [3.63, 3.8) is 0 Å². The minimum absolute atomic E-state index is 0.0895. The number of nitrogens with zero attached hydrogens (tertiary/aromatic N) is 2. The Morgan fingerprint density at radius 2 is 1.93 bits per heavy atom. The fourth-order valence-electron chi connectivity index (χ4n) is 3.26. The second kappa shape index (κ2) is 6.92. The van der Waals surface area contributed by atoms with Crippen molar-refractivity contribution in [2.75, 3.05) is 16.8 Å². The Balaban J connectivity index is 1.57. The quantitative estimate of drug-likeness (QED) is 0.707. The monoisotopic (exact) mass is 379 g/mol. The van der Waals surface area contributed by atoms with Gasteiger partial charge in [-0.3, -0.25) is 14.4 Å². The molecule has 1 N–H and O–H groups in total. The molecule has 2 heterocycles. The molecule has 4 rings (SSSR count). The molecule has 1 aromatic heterocycles. The first kappa shape index (κ1) is 17.4. The maximum Gasteiger partial charge on any atom is 0.247 e. The van der Waals surface area contributed by atoms with Crippen LogP contribution in [0.3, 0.4) is 0 Å². The van der Waals surface area contributed by atoms with E-state index in [4.69, 9.17) is 0 Å². The van der Waals surface area contributed by atoms with E-state index in [9.17, 15) is 14.4 Å². The van der Waals surface area contributed by atoms with Crippen molar-refractivity contribution in [1.82, 2.24) is 4.98 Å². The van der Waals surface area contributed by atoms with Gasteiger partial charge < -0.3 is 10.2 Å². The highest BCUT2D eigenvalue weighted by Crippen LogP contribution is 2.29. The predicted molar refractivity (Wildman–Crippen MR) is 105 cm³/mol. The normalized spacial score (nSPS) is 16.9. The van der Waals surface area contributed by atoms with E-state index in [0.717, 1.165) is 22.2 Å². The first-order valence-corrected chi connectivity index (χ1v) is 9.48. The molecule has 1 unspecified atom stereocenters. The van der Waals surface area contributed by atoms with Crippen LogP contribution < -0.4 is 10.2 Å². The third-order valence-corrected chi connectivity index (χ3v) is 5.55. The van der Waals surface area contributed by atoms with E-state index < -0.39 is 23.5 Å². The van der Waals surface area contributed by atoms with Crippen molar-refractivity contribution in [1.29, 1.82) is 0 Å². The number of ketones is 1. The van der Waals surface area contributed by atoms with Crippen LogP contribution in [-0.2, 0) is 20.8 Å². The highest BCUT2D eigenvalue weighted by molar-refractivity contribution is 7.22. The number of carbonyl (C=O) groups is 3. The molecule has 1 atom stereocenters. The summed E-state index contributed by atoms with van der Waals surface area (Å²) in [5.41, 5.74) is 2.42. The molecule has 2 amide bonds. The summed E-state index contributed by atoms with van der Waals surface area (Å²) >= 11 is 1.31. The lowest BCUT2D eigenvalue weighted by Crippen LogP contribution is -2.34. The standard InChI is InChI=1S/C20H17N3O3S/c1-2-12-7-3-5-9-14(12)23-11-15(24)17(19(23)26)18(25)22-20-21-13-8-4-6-10-16(13)27-20/h3-10,17H,2,11H2,1H3,(H,21,22,25). The Labute approximate surface area is 159 Å². The van der Waals surface area contributed by atoms with Crippen LogP contribution in [0.2, 0.25) is 0 Å². The van der Waals surface area contributed by atoms with Crippen molar-refractivity contribution >= 4 is 50.0 Å². The summed E-state index contributed by atoms with van der Waals surface area (Å²) in [7, 11) is 0. The summed E-state index contributed by atoms with van der Waals surface area (Å²) in [6.45, 7) is 1.90. The van der Waals surface area contributed by atoms with Crippen LogP contribution in [0.4, 0.5) is 10.8 Å². The molecule has 6 nitrogen and oxygen atoms in total. The number of Topliss-reactive ketones (excluding diaryl/α,β-unsaturated/α-hetero) is 1. The number of fused-ring (bicyclic) bond motifs is 1. The Morgan fingerprint density at radius 1 is 1.19 bits per heavy atom. The number of carbonyl (C=O) groups excluding carboxylic acids is 3. The number of thiazole rings is 1. The average molecular weight is 379 g/mol. The molecule has 0 aliphatic carbocycles. The van der Waals surface area contributed by atoms with Gasteiger partial charge in [0.2, 0.25) is 11.8 Å². The molecule has 2 aromatic carbocycles. The van der Waals surface area contributed by atoms with E-state index in [1.54, 1.807) is 6.07 Å². The molecule has 1 aliphatic heterocycles. The zero-order valence-corrected chi connectivity index (χ0v) is 15.5. The molecule has 1 aliphatic rings. The number of aryl methyl sites for hydroxylation is 1. The number of rotatable bonds is 4. The minimum atomic E-state index is -1.33. The van der Waals surface area contributed by atoms with E-state index in [1.807, 2.05) is 49.4 Å². The van der Waals surface area contributed by atoms with Gasteiger partial charge in [0, 0.05) is 5.69 Å². The Kier molecular flexibility index (Phi) is 4.45. The van der Waals surface area contributed by atoms with Gasteiger partial charge in [0.1, 0.15) is 0 Å². The van der Waals surface area contributed by atoms with Crippen molar-refractivity contribution in [3.05, 3.63) is 54.1 Å². The molecule has 0 saturated carbocycles. The summed E-state index contributed by atoms with van der Waals surface area (Å²) < 4.78 is 0.926. The van der Waals surface area contributed by atoms with Crippen LogP contribution in [0.1, 0.15) is 12.5 Å². The Bertz CT molecular complexity index is 1030. The van der Waals surface area contributed by atoms with Gasteiger partial charge in [0.15, 0.2) is 16.8 Å². The number of aromatic nitrogens is 1. The van der Waals surface area contributed by atoms with Gasteiger partial charge in [0.25, 0.3) is 0 Å². The molecule has 0 spiro atoms. The predicted octanol–water partition coefficient (Wildman–Crippen LogP) is 3.03. The van der Waals surface area contributed by atoms with Gasteiger partial charge >= 0.3 is 0 Å². The van der Waals surface area contributed by atoms with Crippen molar-refractivity contribution in [2.24, 2.45) is 5.92 Å². The third kappa shape index (κ3) is 3.10. The highest BCUT2D eigenvalue weighted by Gasteiger charge is 2.45. The van der Waals surface area contributed by atoms with E-state index in [2.05, 4.69) is 10.3 Å². The Hall–Kier alpha value is -3.06. The molecule has 0 bridgehead atoms. The van der Waals surface area contributed by atoms with Crippen molar-refractivity contribution in [3.8, 4) is 0 Å². The Morgan fingerprint density at radius 3 is 2.70 bits per heavy atom. The minimum Gasteiger partial charge on any atom is -0.304 e. The van der Waals surface area contributed by atoms with Gasteiger partial charge in [-0.1, -0.05) is 48.6 Å². The summed E-state index contributed by atoms with van der Waals surface area (Å²) in [6, 6.07) is 14.9. The lowest BCUT2D eigenvalue weighted by Gasteiger charge is -2.18. The smallest absolute Gasteiger partial charge is 0.247 e. The second-order valence-corrected chi connectivity index (χ2v) is 7.31. The maximum absolute atomic E-state index is 12.8. The van der Waals surface area contributed by atoms with Crippen LogP contribution in [0.15, 0.2) is 48.5 Å². The number of para-hydroxylation sites is 2. The number of hydrogen-bond acceptors (Lipinski definition) is 5. The molecular formula is C20H17N3O3S. The van der Waals surface area contributed by atoms with Crippen LogP contribution in [0.5, 0.6) is 0 Å². The SMILES string of the molecule is CCc1ccccc1N1CC(=O)C(C(=O)Nc2nc3ccccc3s2)C1=O. The molecule has 27 heavy (non-hydrogen) atoms. The molecule has 1 fully saturated rings. The largest absolute Gasteiger partial charge is 0.304 e. The van der Waals surface area contributed by atoms with Gasteiger partial charge in [-0.05, 0) is 30.2 Å². The van der Waals surface area contributed by atoms with Crippen LogP contribution in [0, 0.1) is 5.92 Å². The zero-order valence-electron chi connectivity index (χ0n) is 14.6. The van der Waals surface area contributed by atoms with E-state index >= 15 is 0 Å². The topological polar surface area (TPSA) is 79.4 Å². The van der Waals surface area contributed by atoms with E-state index in [1.165, 1.54) is 16.2 Å². The molecule has 1 saturated heterocycles. The van der Waals surface area contributed by atoms with Gasteiger partial charge in [-0.15, -0.1) is 0 Å². The second-order valence-electron chi connectivity index (χ2n) is 6.28. The van der Waals surface area contributed by atoms with Crippen molar-refractivity contribution in [2.45, 2.75) is 13.3 Å². The molecular weight excluding hydrogens is 362 g/mol. The number of amides is 2. The lowest BCUT2D eigenvalue weighted by atomic mass is 10.1. The van der Waals surface area contributed by atoms with Gasteiger partial charge in [-0.2, -0.15) is 0 Å². The number of hydrogen-bond donors (Lipinski definition) is 1.